The van der Waals surface area contributed by atoms with Crippen LogP contribution in [0.3, 0.4) is 0 Å². The summed E-state index contributed by atoms with van der Waals surface area (Å²) in [7, 11) is -3.75. The van der Waals surface area contributed by atoms with Gasteiger partial charge in [0.2, 0.25) is 10.0 Å². The highest BCUT2D eigenvalue weighted by atomic mass is 127. The van der Waals surface area contributed by atoms with Crippen LogP contribution in [0.1, 0.15) is 25.7 Å². The Kier molecular flexibility index (Phi) is 7.78. The zero-order chi connectivity index (χ0) is 14.3. The Morgan fingerprint density at radius 3 is 2.53 bits per heavy atom. The van der Waals surface area contributed by atoms with Gasteiger partial charge in [0.25, 0.3) is 0 Å². The van der Waals surface area contributed by atoms with E-state index in [0.717, 1.165) is 36.2 Å². The summed E-state index contributed by atoms with van der Waals surface area (Å²) in [5.74, 6) is -0.744. The fraction of sp³-hybridized carbons (Fsp3) is 0.500. The molecule has 0 aliphatic rings. The predicted octanol–water partition coefficient (Wildman–Crippen LogP) is 3.86. The maximum absolute atomic E-state index is 13.6. The first kappa shape index (κ1) is 17.3. The number of hydrogen-bond donors (Lipinski definition) is 1. The fourth-order valence-electron chi connectivity index (χ4n) is 1.55. The summed E-state index contributed by atoms with van der Waals surface area (Å²) < 4.78 is 41.4. The first-order valence-electron chi connectivity index (χ1n) is 5.98. The summed E-state index contributed by atoms with van der Waals surface area (Å²) in [6.07, 6.45) is 3.99. The highest BCUT2D eigenvalue weighted by Crippen LogP contribution is 2.19. The second kappa shape index (κ2) is 8.53. The van der Waals surface area contributed by atoms with Gasteiger partial charge in [-0.25, -0.2) is 17.5 Å². The van der Waals surface area contributed by atoms with Gasteiger partial charge in [0.05, 0.1) is 0 Å². The molecular weight excluding hydrogens is 448 g/mol. The summed E-state index contributed by atoms with van der Waals surface area (Å²) >= 11 is 5.41. The van der Waals surface area contributed by atoms with Crippen LogP contribution in [-0.2, 0) is 10.0 Å². The van der Waals surface area contributed by atoms with Gasteiger partial charge in [-0.1, -0.05) is 51.4 Å². The molecule has 1 aromatic rings. The van der Waals surface area contributed by atoms with Crippen molar-refractivity contribution in [1.29, 1.82) is 0 Å². The van der Waals surface area contributed by atoms with Gasteiger partial charge in [-0.15, -0.1) is 0 Å². The molecule has 0 saturated heterocycles. The second-order valence-corrected chi connectivity index (χ2v) is 7.81. The lowest BCUT2D eigenvalue weighted by Gasteiger charge is -2.07. The van der Waals surface area contributed by atoms with Gasteiger partial charge >= 0.3 is 0 Å². The number of unbranched alkanes of at least 4 members (excludes halogenated alkanes) is 3. The Morgan fingerprint density at radius 1 is 1.21 bits per heavy atom. The zero-order valence-electron chi connectivity index (χ0n) is 10.3. The molecule has 0 heterocycles. The largest absolute Gasteiger partial charge is 0.243 e. The second-order valence-electron chi connectivity index (χ2n) is 4.08. The molecule has 0 spiro atoms. The normalized spacial score (nSPS) is 11.7. The van der Waals surface area contributed by atoms with Crippen molar-refractivity contribution in [3.8, 4) is 0 Å². The lowest BCUT2D eigenvalue weighted by Crippen LogP contribution is -2.25. The maximum atomic E-state index is 13.6. The van der Waals surface area contributed by atoms with E-state index in [9.17, 15) is 12.8 Å². The van der Waals surface area contributed by atoms with Crippen molar-refractivity contribution in [2.45, 2.75) is 30.6 Å². The van der Waals surface area contributed by atoms with Gasteiger partial charge in [-0.2, -0.15) is 0 Å². The number of nitrogens with one attached hydrogen (secondary N) is 1. The molecule has 0 fully saturated rings. The quantitative estimate of drug-likeness (QED) is 0.361. The molecule has 7 heteroatoms. The standard InChI is InChI=1S/C12H16BrFINO2S/c13-10-5-6-12(11(14)9-10)19(17,18)16-8-4-2-1-3-7-15/h5-6,9,16H,1-4,7-8H2. The first-order valence-corrected chi connectivity index (χ1v) is 9.78. The van der Waals surface area contributed by atoms with Crippen molar-refractivity contribution < 1.29 is 12.8 Å². The summed E-state index contributed by atoms with van der Waals surface area (Å²) in [5.41, 5.74) is 0. The lowest BCUT2D eigenvalue weighted by molar-refractivity contribution is 0.552. The van der Waals surface area contributed by atoms with E-state index in [-0.39, 0.29) is 4.90 Å². The number of halogens is 3. The van der Waals surface area contributed by atoms with E-state index in [1.54, 1.807) is 0 Å². The van der Waals surface area contributed by atoms with E-state index in [4.69, 9.17) is 0 Å². The molecule has 0 aromatic heterocycles. The average Bonchev–Trinajstić information content (AvgIpc) is 2.33. The molecule has 3 nitrogen and oxygen atoms in total. The summed E-state index contributed by atoms with van der Waals surface area (Å²) in [4.78, 5) is -0.303. The molecule has 108 valence electrons. The molecule has 19 heavy (non-hydrogen) atoms. The Hall–Kier alpha value is 0.270. The van der Waals surface area contributed by atoms with E-state index in [1.165, 1.54) is 12.1 Å². The molecule has 0 amide bonds. The molecule has 0 aliphatic heterocycles. The maximum Gasteiger partial charge on any atom is 0.243 e. The van der Waals surface area contributed by atoms with Crippen molar-refractivity contribution >= 4 is 48.5 Å². The van der Waals surface area contributed by atoms with Gasteiger partial charge in [0.15, 0.2) is 0 Å². The van der Waals surface area contributed by atoms with Gasteiger partial charge in [0.1, 0.15) is 10.7 Å². The lowest BCUT2D eigenvalue weighted by atomic mass is 10.2. The minimum Gasteiger partial charge on any atom is -0.211 e. The highest BCUT2D eigenvalue weighted by Gasteiger charge is 2.18. The summed E-state index contributed by atoms with van der Waals surface area (Å²) in [6.45, 7) is 0.346. The fourth-order valence-corrected chi connectivity index (χ4v) is 3.55. The summed E-state index contributed by atoms with van der Waals surface area (Å²) in [5, 5.41) is 0. The van der Waals surface area contributed by atoms with Crippen molar-refractivity contribution in [1.82, 2.24) is 4.72 Å². The molecule has 1 aromatic carbocycles. The molecule has 0 unspecified atom stereocenters. The van der Waals surface area contributed by atoms with Gasteiger partial charge in [0, 0.05) is 11.0 Å². The third-order valence-corrected chi connectivity index (χ3v) is 5.29. The van der Waals surface area contributed by atoms with E-state index >= 15 is 0 Å². The van der Waals surface area contributed by atoms with Crippen LogP contribution in [0.2, 0.25) is 0 Å². The Labute approximate surface area is 135 Å². The monoisotopic (exact) mass is 463 g/mol. The molecule has 0 radical (unpaired) electrons. The zero-order valence-corrected chi connectivity index (χ0v) is 14.9. The minimum atomic E-state index is -3.75. The van der Waals surface area contributed by atoms with Gasteiger partial charge in [-0.05, 0) is 35.5 Å². The Morgan fingerprint density at radius 2 is 1.89 bits per heavy atom. The van der Waals surface area contributed by atoms with Crippen molar-refractivity contribution in [3.63, 3.8) is 0 Å². The predicted molar refractivity (Wildman–Crippen MR) is 86.6 cm³/mol. The van der Waals surface area contributed by atoms with E-state index in [2.05, 4.69) is 43.2 Å². The Balaban J connectivity index is 2.52. The Bertz CT molecular complexity index is 510. The topological polar surface area (TPSA) is 46.2 Å². The molecule has 0 atom stereocenters. The minimum absolute atomic E-state index is 0.303. The van der Waals surface area contributed by atoms with Crippen molar-refractivity contribution in [3.05, 3.63) is 28.5 Å². The third-order valence-electron chi connectivity index (χ3n) is 2.54. The van der Waals surface area contributed by atoms with E-state index in [1.807, 2.05) is 0 Å². The number of rotatable bonds is 8. The SMILES string of the molecule is O=S(=O)(NCCCCCCI)c1ccc(Br)cc1F. The number of alkyl halides is 1. The average molecular weight is 464 g/mol. The van der Waals surface area contributed by atoms with Crippen molar-refractivity contribution in [2.24, 2.45) is 0 Å². The molecule has 0 saturated carbocycles. The first-order chi connectivity index (χ1) is 8.97. The van der Waals surface area contributed by atoms with Gasteiger partial charge in [-0.3, -0.25) is 0 Å². The van der Waals surface area contributed by atoms with Gasteiger partial charge < -0.3 is 0 Å². The van der Waals surface area contributed by atoms with Crippen LogP contribution < -0.4 is 4.72 Å². The molecule has 1 N–H and O–H groups in total. The van der Waals surface area contributed by atoms with Crippen LogP contribution in [0.25, 0.3) is 0 Å². The highest BCUT2D eigenvalue weighted by molar-refractivity contribution is 14.1. The van der Waals surface area contributed by atoms with Crippen LogP contribution in [0.5, 0.6) is 0 Å². The summed E-state index contributed by atoms with van der Waals surface area (Å²) in [6, 6.07) is 3.92. The molecule has 1 rings (SSSR count). The number of hydrogen-bond acceptors (Lipinski definition) is 2. The van der Waals surface area contributed by atoms with E-state index in [0.29, 0.717) is 11.0 Å². The third kappa shape index (κ3) is 6.05. The number of sulfonamides is 1. The molecule has 0 bridgehead atoms. The van der Waals surface area contributed by atoms with Crippen LogP contribution in [0, 0.1) is 5.82 Å². The van der Waals surface area contributed by atoms with Crippen LogP contribution in [0.15, 0.2) is 27.6 Å². The van der Waals surface area contributed by atoms with Crippen LogP contribution >= 0.6 is 38.5 Å². The smallest absolute Gasteiger partial charge is 0.211 e. The van der Waals surface area contributed by atoms with Crippen LogP contribution in [0.4, 0.5) is 4.39 Å². The number of benzene rings is 1. The molecular formula is C12H16BrFINO2S. The molecule has 0 aliphatic carbocycles. The van der Waals surface area contributed by atoms with Crippen LogP contribution in [-0.4, -0.2) is 19.4 Å². The van der Waals surface area contributed by atoms with E-state index < -0.39 is 15.8 Å². The van der Waals surface area contributed by atoms with Crippen molar-refractivity contribution in [2.75, 3.05) is 11.0 Å².